The fraction of sp³-hybridized carbons (Fsp3) is 0.636. The van der Waals surface area contributed by atoms with Gasteiger partial charge < -0.3 is 10.6 Å². The van der Waals surface area contributed by atoms with Gasteiger partial charge in [-0.3, -0.25) is 9.48 Å². The molecule has 1 amide bonds. The molecule has 2 unspecified atom stereocenters. The molecule has 0 spiro atoms. The number of nitrogens with zero attached hydrogens (tertiary/aromatic N) is 3. The van der Waals surface area contributed by atoms with E-state index in [0.29, 0.717) is 18.0 Å². The highest BCUT2D eigenvalue weighted by Gasteiger charge is 2.32. The Morgan fingerprint density at radius 2 is 2.44 bits per heavy atom. The summed E-state index contributed by atoms with van der Waals surface area (Å²) < 4.78 is 1.65. The Morgan fingerprint density at radius 3 is 2.94 bits per heavy atom. The maximum atomic E-state index is 12.2. The monoisotopic (exact) mass is 222 g/mol. The molecule has 5 nitrogen and oxygen atoms in total. The number of aryl methyl sites for hydroxylation is 1. The fourth-order valence-corrected chi connectivity index (χ4v) is 2.29. The molecule has 2 N–H and O–H groups in total. The van der Waals surface area contributed by atoms with Crippen molar-refractivity contribution in [3.05, 3.63) is 18.0 Å². The van der Waals surface area contributed by atoms with Crippen molar-refractivity contribution in [2.75, 3.05) is 13.1 Å². The van der Waals surface area contributed by atoms with Crippen LogP contribution in [0.15, 0.2) is 12.4 Å². The van der Waals surface area contributed by atoms with Gasteiger partial charge in [0, 0.05) is 25.8 Å². The SMILES string of the molecule is CC1CC(CN)CN1C(=O)c1cnn(C)c1. The van der Waals surface area contributed by atoms with Gasteiger partial charge in [0.05, 0.1) is 11.8 Å². The average molecular weight is 222 g/mol. The number of aromatic nitrogens is 2. The van der Waals surface area contributed by atoms with E-state index in [2.05, 4.69) is 12.0 Å². The molecule has 5 heteroatoms. The van der Waals surface area contributed by atoms with Gasteiger partial charge in [0.2, 0.25) is 0 Å². The van der Waals surface area contributed by atoms with Crippen LogP contribution < -0.4 is 5.73 Å². The molecule has 0 aromatic carbocycles. The molecular formula is C11H18N4O. The fourth-order valence-electron chi connectivity index (χ4n) is 2.29. The minimum Gasteiger partial charge on any atom is -0.336 e. The Hall–Kier alpha value is -1.36. The zero-order valence-corrected chi connectivity index (χ0v) is 9.76. The standard InChI is InChI=1S/C11H18N4O/c1-8-3-9(4-12)6-15(8)11(16)10-5-13-14(2)7-10/h5,7-9H,3-4,6,12H2,1-2H3. The molecule has 1 aromatic heterocycles. The van der Waals surface area contributed by atoms with Crippen molar-refractivity contribution in [1.29, 1.82) is 0 Å². The lowest BCUT2D eigenvalue weighted by Gasteiger charge is -2.20. The molecule has 2 heterocycles. The Labute approximate surface area is 95.2 Å². The lowest BCUT2D eigenvalue weighted by molar-refractivity contribution is 0.0743. The first kappa shape index (κ1) is 11.1. The van der Waals surface area contributed by atoms with Crippen molar-refractivity contribution in [3.8, 4) is 0 Å². The van der Waals surface area contributed by atoms with E-state index < -0.39 is 0 Å². The van der Waals surface area contributed by atoms with Gasteiger partial charge in [-0.1, -0.05) is 0 Å². The molecular weight excluding hydrogens is 204 g/mol. The zero-order chi connectivity index (χ0) is 11.7. The largest absolute Gasteiger partial charge is 0.336 e. The third-order valence-electron chi connectivity index (χ3n) is 3.21. The minimum absolute atomic E-state index is 0.0663. The lowest BCUT2D eigenvalue weighted by atomic mass is 10.1. The smallest absolute Gasteiger partial charge is 0.257 e. The molecule has 1 saturated heterocycles. The molecule has 1 fully saturated rings. The summed E-state index contributed by atoms with van der Waals surface area (Å²) in [4.78, 5) is 14.1. The summed E-state index contributed by atoms with van der Waals surface area (Å²) in [6.45, 7) is 3.50. The maximum absolute atomic E-state index is 12.2. The van der Waals surface area contributed by atoms with Gasteiger partial charge in [-0.05, 0) is 25.8 Å². The van der Waals surface area contributed by atoms with Crippen LogP contribution in [0.5, 0.6) is 0 Å². The van der Waals surface area contributed by atoms with Crippen molar-refractivity contribution in [1.82, 2.24) is 14.7 Å². The van der Waals surface area contributed by atoms with E-state index in [4.69, 9.17) is 5.73 Å². The summed E-state index contributed by atoms with van der Waals surface area (Å²) in [6.07, 6.45) is 4.37. The zero-order valence-electron chi connectivity index (χ0n) is 9.76. The van der Waals surface area contributed by atoms with E-state index in [0.717, 1.165) is 13.0 Å². The molecule has 88 valence electrons. The molecule has 2 atom stereocenters. The van der Waals surface area contributed by atoms with Gasteiger partial charge >= 0.3 is 0 Å². The van der Waals surface area contributed by atoms with Gasteiger partial charge in [0.1, 0.15) is 0 Å². The van der Waals surface area contributed by atoms with E-state index in [1.807, 2.05) is 11.9 Å². The normalized spacial score (nSPS) is 25.1. The number of hydrogen-bond acceptors (Lipinski definition) is 3. The summed E-state index contributed by atoms with van der Waals surface area (Å²) in [5, 5.41) is 4.02. The molecule has 1 aliphatic heterocycles. The van der Waals surface area contributed by atoms with Crippen molar-refractivity contribution >= 4 is 5.91 Å². The summed E-state index contributed by atoms with van der Waals surface area (Å²) in [6, 6.07) is 0.279. The maximum Gasteiger partial charge on any atom is 0.257 e. The number of likely N-dealkylation sites (tertiary alicyclic amines) is 1. The van der Waals surface area contributed by atoms with Crippen LogP contribution in [0.25, 0.3) is 0 Å². The molecule has 2 rings (SSSR count). The lowest BCUT2D eigenvalue weighted by Crippen LogP contribution is -2.34. The van der Waals surface area contributed by atoms with Crippen LogP contribution in [0.1, 0.15) is 23.7 Å². The van der Waals surface area contributed by atoms with Crippen LogP contribution in [0, 0.1) is 5.92 Å². The van der Waals surface area contributed by atoms with Crippen molar-refractivity contribution in [2.24, 2.45) is 18.7 Å². The number of rotatable bonds is 2. The van der Waals surface area contributed by atoms with Crippen LogP contribution in [0.3, 0.4) is 0 Å². The first-order valence-electron chi connectivity index (χ1n) is 5.61. The number of carbonyl (C=O) groups is 1. The van der Waals surface area contributed by atoms with Gasteiger partial charge in [0.15, 0.2) is 0 Å². The van der Waals surface area contributed by atoms with Gasteiger partial charge in [0.25, 0.3) is 5.91 Å². The third-order valence-corrected chi connectivity index (χ3v) is 3.21. The quantitative estimate of drug-likeness (QED) is 0.779. The number of hydrogen-bond donors (Lipinski definition) is 1. The minimum atomic E-state index is 0.0663. The summed E-state index contributed by atoms with van der Waals surface area (Å²) in [5.41, 5.74) is 6.31. The first-order chi connectivity index (χ1) is 7.61. The molecule has 0 saturated carbocycles. The van der Waals surface area contributed by atoms with Crippen molar-refractivity contribution < 1.29 is 4.79 Å². The second-order valence-corrected chi connectivity index (χ2v) is 4.55. The predicted octanol–water partition coefficient (Wildman–Crippen LogP) is 0.229. The molecule has 0 aliphatic carbocycles. The Kier molecular flexibility index (Phi) is 2.96. The summed E-state index contributed by atoms with van der Waals surface area (Å²) >= 11 is 0. The second-order valence-electron chi connectivity index (χ2n) is 4.55. The van der Waals surface area contributed by atoms with Gasteiger partial charge in [-0.15, -0.1) is 0 Å². The number of amides is 1. The van der Waals surface area contributed by atoms with E-state index in [-0.39, 0.29) is 11.9 Å². The predicted molar refractivity (Wildman–Crippen MR) is 60.9 cm³/mol. The average Bonchev–Trinajstić information content (AvgIpc) is 2.83. The molecule has 0 radical (unpaired) electrons. The summed E-state index contributed by atoms with van der Waals surface area (Å²) in [5.74, 6) is 0.507. The van der Waals surface area contributed by atoms with Crippen molar-refractivity contribution in [2.45, 2.75) is 19.4 Å². The second kappa shape index (κ2) is 4.25. The van der Waals surface area contributed by atoms with Gasteiger partial charge in [-0.25, -0.2) is 0 Å². The number of nitrogens with two attached hydrogens (primary N) is 1. The van der Waals surface area contributed by atoms with Crippen LogP contribution in [0.2, 0.25) is 0 Å². The first-order valence-corrected chi connectivity index (χ1v) is 5.61. The van der Waals surface area contributed by atoms with E-state index in [1.165, 1.54) is 0 Å². The number of carbonyl (C=O) groups excluding carboxylic acids is 1. The molecule has 1 aliphatic rings. The Morgan fingerprint density at radius 1 is 1.69 bits per heavy atom. The Balaban J connectivity index is 2.11. The summed E-state index contributed by atoms with van der Waals surface area (Å²) in [7, 11) is 1.81. The van der Waals surface area contributed by atoms with Crippen molar-refractivity contribution in [3.63, 3.8) is 0 Å². The van der Waals surface area contributed by atoms with Crippen LogP contribution in [0.4, 0.5) is 0 Å². The highest BCUT2D eigenvalue weighted by molar-refractivity contribution is 5.94. The van der Waals surface area contributed by atoms with Crippen LogP contribution in [-0.2, 0) is 7.05 Å². The Bertz CT molecular complexity index is 387. The van der Waals surface area contributed by atoms with E-state index in [1.54, 1.807) is 17.1 Å². The molecule has 0 bridgehead atoms. The highest BCUT2D eigenvalue weighted by Crippen LogP contribution is 2.23. The molecule has 16 heavy (non-hydrogen) atoms. The highest BCUT2D eigenvalue weighted by atomic mass is 16.2. The molecule has 1 aromatic rings. The van der Waals surface area contributed by atoms with Crippen LogP contribution >= 0.6 is 0 Å². The third kappa shape index (κ3) is 1.95. The van der Waals surface area contributed by atoms with Crippen LogP contribution in [-0.4, -0.2) is 39.7 Å². The van der Waals surface area contributed by atoms with E-state index >= 15 is 0 Å². The van der Waals surface area contributed by atoms with Gasteiger partial charge in [-0.2, -0.15) is 5.10 Å². The van der Waals surface area contributed by atoms with E-state index in [9.17, 15) is 4.79 Å². The topological polar surface area (TPSA) is 64.2 Å².